The standard InChI is InChI=1S/C21H32FN3O2/c1-14-11-23-20(26-2)10-17(24-14)12-25-7-5-15(6-8-25)13-27-21-18-9-16(18)3-4-19(21)22/h14-16,18H,3-13H2,1-2H3. The first-order valence-electron chi connectivity index (χ1n) is 10.5. The minimum absolute atomic E-state index is 0.0160. The molecule has 6 heteroatoms. The van der Waals surface area contributed by atoms with Crippen LogP contribution in [0.15, 0.2) is 21.6 Å². The summed E-state index contributed by atoms with van der Waals surface area (Å²) in [6, 6.07) is 0.225. The zero-order chi connectivity index (χ0) is 18.8. The fourth-order valence-corrected chi connectivity index (χ4v) is 4.58. The highest BCUT2D eigenvalue weighted by atomic mass is 19.1. The average Bonchev–Trinajstić information content (AvgIpc) is 3.46. The second-order valence-electron chi connectivity index (χ2n) is 8.60. The van der Waals surface area contributed by atoms with Crippen molar-refractivity contribution < 1.29 is 13.9 Å². The molecule has 0 bridgehead atoms. The molecule has 0 aromatic carbocycles. The van der Waals surface area contributed by atoms with Crippen molar-refractivity contribution in [3.8, 4) is 0 Å². The van der Waals surface area contributed by atoms with Crippen molar-refractivity contribution in [2.45, 2.75) is 51.5 Å². The molecule has 2 aliphatic heterocycles. The molecule has 0 amide bonds. The number of methoxy groups -OCH3 is 1. The van der Waals surface area contributed by atoms with Gasteiger partial charge in [0.05, 0.1) is 32.7 Å². The average molecular weight is 378 g/mol. The quantitative estimate of drug-likeness (QED) is 0.735. The van der Waals surface area contributed by atoms with Gasteiger partial charge in [0.15, 0.2) is 5.90 Å². The number of ether oxygens (including phenoxy) is 2. The topological polar surface area (TPSA) is 46.4 Å². The fraction of sp³-hybridized carbons (Fsp3) is 0.810. The number of hydrogen-bond acceptors (Lipinski definition) is 5. The third-order valence-corrected chi connectivity index (χ3v) is 6.37. The molecule has 3 unspecified atom stereocenters. The monoisotopic (exact) mass is 377 g/mol. The van der Waals surface area contributed by atoms with E-state index in [4.69, 9.17) is 14.5 Å². The molecular weight excluding hydrogens is 345 g/mol. The second kappa shape index (κ2) is 8.29. The van der Waals surface area contributed by atoms with E-state index >= 15 is 0 Å². The number of aliphatic imine (C=N–C) groups is 2. The number of rotatable bonds is 5. The van der Waals surface area contributed by atoms with Crippen LogP contribution in [0.5, 0.6) is 0 Å². The first-order valence-corrected chi connectivity index (χ1v) is 10.5. The summed E-state index contributed by atoms with van der Waals surface area (Å²) in [4.78, 5) is 11.8. The molecule has 150 valence electrons. The summed E-state index contributed by atoms with van der Waals surface area (Å²) < 4.78 is 25.4. The molecule has 2 aliphatic carbocycles. The minimum Gasteiger partial charge on any atom is -0.495 e. The van der Waals surface area contributed by atoms with Crippen molar-refractivity contribution in [2.75, 3.05) is 39.9 Å². The van der Waals surface area contributed by atoms with Gasteiger partial charge in [-0.05, 0) is 57.5 Å². The van der Waals surface area contributed by atoms with Crippen molar-refractivity contribution in [3.05, 3.63) is 11.6 Å². The van der Waals surface area contributed by atoms with E-state index in [1.165, 1.54) is 5.71 Å². The maximum absolute atomic E-state index is 14.0. The highest BCUT2D eigenvalue weighted by Crippen LogP contribution is 2.53. The van der Waals surface area contributed by atoms with Gasteiger partial charge in [-0.25, -0.2) is 4.39 Å². The minimum atomic E-state index is 0.0160. The normalized spacial score (nSPS) is 32.3. The van der Waals surface area contributed by atoms with Crippen LogP contribution in [0.3, 0.4) is 0 Å². The summed E-state index contributed by atoms with van der Waals surface area (Å²) in [6.45, 7) is 6.49. The zero-order valence-electron chi connectivity index (χ0n) is 16.6. The Morgan fingerprint density at radius 3 is 2.81 bits per heavy atom. The van der Waals surface area contributed by atoms with E-state index in [1.54, 1.807) is 7.11 Å². The van der Waals surface area contributed by atoms with Crippen molar-refractivity contribution in [2.24, 2.45) is 27.7 Å². The molecule has 1 saturated carbocycles. The number of hydrogen-bond donors (Lipinski definition) is 0. The molecule has 3 atom stereocenters. The smallest absolute Gasteiger partial charge is 0.188 e. The van der Waals surface area contributed by atoms with Crippen LogP contribution in [0.2, 0.25) is 0 Å². The van der Waals surface area contributed by atoms with E-state index in [2.05, 4.69) is 16.8 Å². The van der Waals surface area contributed by atoms with E-state index in [0.29, 0.717) is 43.1 Å². The zero-order valence-corrected chi connectivity index (χ0v) is 16.6. The van der Waals surface area contributed by atoms with E-state index in [0.717, 1.165) is 57.6 Å². The van der Waals surface area contributed by atoms with Gasteiger partial charge >= 0.3 is 0 Å². The molecule has 4 aliphatic rings. The summed E-state index contributed by atoms with van der Waals surface area (Å²) >= 11 is 0. The lowest BCUT2D eigenvalue weighted by Crippen LogP contribution is -2.39. The predicted octanol–water partition coefficient (Wildman–Crippen LogP) is 3.60. The van der Waals surface area contributed by atoms with Gasteiger partial charge in [0.2, 0.25) is 0 Å². The van der Waals surface area contributed by atoms with Crippen LogP contribution in [0.1, 0.15) is 45.4 Å². The second-order valence-corrected chi connectivity index (χ2v) is 8.60. The van der Waals surface area contributed by atoms with Gasteiger partial charge in [0, 0.05) is 24.6 Å². The Hall–Kier alpha value is -1.43. The van der Waals surface area contributed by atoms with Crippen LogP contribution in [0.25, 0.3) is 0 Å². The lowest BCUT2D eigenvalue weighted by Gasteiger charge is -2.32. The maximum Gasteiger partial charge on any atom is 0.188 e. The van der Waals surface area contributed by atoms with Gasteiger partial charge < -0.3 is 9.47 Å². The van der Waals surface area contributed by atoms with Gasteiger partial charge in [-0.2, -0.15) is 0 Å². The highest BCUT2D eigenvalue weighted by molar-refractivity contribution is 6.02. The van der Waals surface area contributed by atoms with Crippen molar-refractivity contribution >= 4 is 11.6 Å². The summed E-state index contributed by atoms with van der Waals surface area (Å²) in [7, 11) is 1.69. The van der Waals surface area contributed by atoms with Crippen LogP contribution < -0.4 is 0 Å². The fourth-order valence-electron chi connectivity index (χ4n) is 4.58. The Bertz CT molecular complexity index is 637. The van der Waals surface area contributed by atoms with Gasteiger partial charge in [-0.15, -0.1) is 0 Å². The molecule has 4 rings (SSSR count). The molecule has 0 spiro atoms. The SMILES string of the molecule is COC1=NCC(C)N=C(CN2CCC(COC3=C(F)CCC4CC34)CC2)C1. The summed E-state index contributed by atoms with van der Waals surface area (Å²) in [5.41, 5.74) is 1.17. The number of piperidine rings is 1. The lowest BCUT2D eigenvalue weighted by molar-refractivity contribution is 0.0974. The van der Waals surface area contributed by atoms with Crippen molar-refractivity contribution in [1.29, 1.82) is 0 Å². The Morgan fingerprint density at radius 2 is 2.04 bits per heavy atom. The number of allylic oxidation sites excluding steroid dienone is 2. The van der Waals surface area contributed by atoms with Crippen LogP contribution in [-0.2, 0) is 9.47 Å². The number of nitrogens with zero attached hydrogens (tertiary/aromatic N) is 3. The van der Waals surface area contributed by atoms with Gasteiger partial charge in [-0.3, -0.25) is 14.9 Å². The summed E-state index contributed by atoms with van der Waals surface area (Å²) in [6.07, 6.45) is 5.67. The van der Waals surface area contributed by atoms with Crippen molar-refractivity contribution in [3.63, 3.8) is 0 Å². The number of halogens is 1. The van der Waals surface area contributed by atoms with Crippen LogP contribution >= 0.6 is 0 Å². The summed E-state index contributed by atoms with van der Waals surface area (Å²) in [5, 5.41) is 0. The largest absolute Gasteiger partial charge is 0.495 e. The first-order chi connectivity index (χ1) is 13.1. The molecule has 0 aromatic rings. The van der Waals surface area contributed by atoms with Crippen molar-refractivity contribution in [1.82, 2.24) is 4.90 Å². The Kier molecular flexibility index (Phi) is 5.81. The van der Waals surface area contributed by atoms with Gasteiger partial charge in [0.1, 0.15) is 11.6 Å². The lowest BCUT2D eigenvalue weighted by atomic mass is 9.97. The molecule has 0 aromatic heterocycles. The molecule has 5 nitrogen and oxygen atoms in total. The van der Waals surface area contributed by atoms with Crippen LogP contribution in [-0.4, -0.2) is 62.4 Å². The molecular formula is C21H32FN3O2. The maximum atomic E-state index is 14.0. The Balaban J connectivity index is 1.23. The Labute approximate surface area is 161 Å². The molecule has 27 heavy (non-hydrogen) atoms. The van der Waals surface area contributed by atoms with E-state index in [-0.39, 0.29) is 11.9 Å². The summed E-state index contributed by atoms with van der Waals surface area (Å²) in [5.74, 6) is 3.13. The van der Waals surface area contributed by atoms with Crippen LogP contribution in [0.4, 0.5) is 4.39 Å². The predicted molar refractivity (Wildman–Crippen MR) is 105 cm³/mol. The molecule has 2 heterocycles. The van der Waals surface area contributed by atoms with Crippen LogP contribution in [0, 0.1) is 17.8 Å². The third kappa shape index (κ3) is 4.71. The first kappa shape index (κ1) is 18.9. The molecule has 1 saturated heterocycles. The molecule has 0 radical (unpaired) electrons. The highest BCUT2D eigenvalue weighted by Gasteiger charge is 2.45. The number of fused-ring (bicyclic) bond motifs is 1. The third-order valence-electron chi connectivity index (χ3n) is 6.37. The van der Waals surface area contributed by atoms with E-state index in [9.17, 15) is 4.39 Å². The van der Waals surface area contributed by atoms with Gasteiger partial charge in [-0.1, -0.05) is 0 Å². The number of likely N-dealkylation sites (tertiary alicyclic amines) is 1. The molecule has 2 fully saturated rings. The van der Waals surface area contributed by atoms with Gasteiger partial charge in [0.25, 0.3) is 0 Å². The molecule has 0 N–H and O–H groups in total. The Morgan fingerprint density at radius 1 is 1.22 bits per heavy atom. The van der Waals surface area contributed by atoms with E-state index < -0.39 is 0 Å². The van der Waals surface area contributed by atoms with E-state index in [1.807, 2.05) is 0 Å².